The molecule has 0 atom stereocenters. The molecule has 0 radical (unpaired) electrons. The van der Waals surface area contributed by atoms with Gasteiger partial charge >= 0.3 is 5.69 Å². The molecule has 0 spiro atoms. The van der Waals surface area contributed by atoms with E-state index in [1.807, 2.05) is 37.3 Å². The third-order valence-corrected chi connectivity index (χ3v) is 7.17. The molecule has 9 heteroatoms. The molecule has 0 saturated heterocycles. The summed E-state index contributed by atoms with van der Waals surface area (Å²) in [6, 6.07) is 16.3. The lowest BCUT2D eigenvalue weighted by molar-refractivity contribution is -0.116. The van der Waals surface area contributed by atoms with Crippen LogP contribution < -0.4 is 16.6 Å². The number of fused-ring (bicyclic) bond motifs is 1. The molecule has 4 aromatic rings. The normalized spacial score (nSPS) is 11.3. The highest BCUT2D eigenvalue weighted by Crippen LogP contribution is 2.27. The van der Waals surface area contributed by atoms with E-state index in [0.717, 1.165) is 10.3 Å². The summed E-state index contributed by atoms with van der Waals surface area (Å²) in [6.45, 7) is 5.94. The molecule has 0 bridgehead atoms. The van der Waals surface area contributed by atoms with Crippen LogP contribution in [0.4, 0.5) is 5.69 Å². The number of hydrogen-bond donors (Lipinski definition) is 1. The summed E-state index contributed by atoms with van der Waals surface area (Å²) in [5.41, 5.74) is 1.48. The Morgan fingerprint density at radius 2 is 1.79 bits per heavy atom. The Labute approximate surface area is 199 Å². The molecule has 1 amide bonds. The minimum atomic E-state index is -0.595. The van der Waals surface area contributed by atoms with Crippen molar-refractivity contribution in [2.24, 2.45) is 0 Å². The number of para-hydroxylation sites is 1. The van der Waals surface area contributed by atoms with Gasteiger partial charge in [0.05, 0.1) is 5.69 Å². The van der Waals surface area contributed by atoms with Crippen LogP contribution in [-0.4, -0.2) is 25.8 Å². The first-order valence-corrected chi connectivity index (χ1v) is 12.4. The van der Waals surface area contributed by atoms with E-state index in [1.165, 1.54) is 33.2 Å². The van der Waals surface area contributed by atoms with E-state index < -0.39 is 11.2 Å². The number of hydrogen-bond acceptors (Lipinski definition) is 6. The van der Waals surface area contributed by atoms with Crippen molar-refractivity contribution in [3.63, 3.8) is 0 Å². The van der Waals surface area contributed by atoms with Crippen molar-refractivity contribution >= 4 is 45.0 Å². The van der Waals surface area contributed by atoms with Gasteiger partial charge in [0.25, 0.3) is 5.56 Å². The molecular formula is C24H24N4O3S2. The Morgan fingerprint density at radius 1 is 1.09 bits per heavy atom. The van der Waals surface area contributed by atoms with Gasteiger partial charge < -0.3 is 5.32 Å². The van der Waals surface area contributed by atoms with E-state index in [2.05, 4.69) is 24.1 Å². The third-order valence-electron chi connectivity index (χ3n) is 5.11. The second-order valence-corrected chi connectivity index (χ2v) is 10.2. The fraction of sp³-hybridized carbons (Fsp3) is 0.250. The number of carbonyl (C=O) groups is 1. The van der Waals surface area contributed by atoms with Gasteiger partial charge in [-0.2, -0.15) is 0 Å². The van der Waals surface area contributed by atoms with Gasteiger partial charge in [0.1, 0.15) is 11.2 Å². The molecule has 0 saturated carbocycles. The highest BCUT2D eigenvalue weighted by molar-refractivity contribution is 8.01. The van der Waals surface area contributed by atoms with Gasteiger partial charge in [0.15, 0.2) is 9.99 Å². The number of benzene rings is 2. The topological polar surface area (TPSA) is 86.0 Å². The SMILES string of the molecule is CCSc1nc2c(s1)c(=O)n(-c1ccccc1)c(=O)n2CC(=O)Nc1ccc(C(C)C)cc1. The fourth-order valence-electron chi connectivity index (χ4n) is 3.44. The number of nitrogens with zero attached hydrogens (tertiary/aromatic N) is 3. The van der Waals surface area contributed by atoms with Crippen molar-refractivity contribution in [3.8, 4) is 5.69 Å². The van der Waals surface area contributed by atoms with E-state index >= 15 is 0 Å². The molecule has 7 nitrogen and oxygen atoms in total. The average Bonchev–Trinajstić information content (AvgIpc) is 3.22. The number of aromatic nitrogens is 3. The number of thiazole rings is 1. The second-order valence-electron chi connectivity index (χ2n) is 7.74. The predicted octanol–water partition coefficient (Wildman–Crippen LogP) is 4.48. The Morgan fingerprint density at radius 3 is 2.42 bits per heavy atom. The van der Waals surface area contributed by atoms with Crippen LogP contribution in [0.25, 0.3) is 16.0 Å². The molecule has 2 aromatic carbocycles. The molecular weight excluding hydrogens is 456 g/mol. The first-order valence-electron chi connectivity index (χ1n) is 10.6. The summed E-state index contributed by atoms with van der Waals surface area (Å²) in [5, 5.41) is 2.84. The number of rotatable bonds is 7. The number of anilines is 1. The molecule has 2 aromatic heterocycles. The van der Waals surface area contributed by atoms with Crippen molar-refractivity contribution in [1.29, 1.82) is 0 Å². The molecule has 33 heavy (non-hydrogen) atoms. The Bertz CT molecular complexity index is 1400. The van der Waals surface area contributed by atoms with E-state index in [4.69, 9.17) is 0 Å². The maximum absolute atomic E-state index is 13.4. The van der Waals surface area contributed by atoms with Gasteiger partial charge in [-0.15, -0.1) is 11.3 Å². The zero-order chi connectivity index (χ0) is 23.5. The van der Waals surface area contributed by atoms with Crippen LogP contribution in [0.2, 0.25) is 0 Å². The van der Waals surface area contributed by atoms with E-state index in [1.54, 1.807) is 24.3 Å². The lowest BCUT2D eigenvalue weighted by Crippen LogP contribution is -2.40. The van der Waals surface area contributed by atoms with Gasteiger partial charge in [-0.3, -0.25) is 14.2 Å². The molecule has 0 aliphatic rings. The first-order chi connectivity index (χ1) is 15.9. The van der Waals surface area contributed by atoms with E-state index in [0.29, 0.717) is 26.3 Å². The summed E-state index contributed by atoms with van der Waals surface area (Å²) in [5.74, 6) is 0.802. The van der Waals surface area contributed by atoms with Crippen molar-refractivity contribution in [1.82, 2.24) is 14.1 Å². The zero-order valence-electron chi connectivity index (χ0n) is 18.6. The van der Waals surface area contributed by atoms with Gasteiger partial charge in [0, 0.05) is 5.69 Å². The summed E-state index contributed by atoms with van der Waals surface area (Å²) in [4.78, 5) is 44.0. The van der Waals surface area contributed by atoms with Crippen molar-refractivity contribution in [3.05, 3.63) is 81.0 Å². The molecule has 0 fully saturated rings. The smallest absolute Gasteiger partial charge is 0.325 e. The van der Waals surface area contributed by atoms with Crippen LogP contribution in [-0.2, 0) is 11.3 Å². The quantitative estimate of drug-likeness (QED) is 0.394. The summed E-state index contributed by atoms with van der Waals surface area (Å²) >= 11 is 2.74. The van der Waals surface area contributed by atoms with Crippen LogP contribution in [0.3, 0.4) is 0 Å². The molecule has 170 valence electrons. The first kappa shape index (κ1) is 23.0. The van der Waals surface area contributed by atoms with Gasteiger partial charge in [-0.1, -0.05) is 62.9 Å². The monoisotopic (exact) mass is 480 g/mol. The molecule has 0 aliphatic heterocycles. The molecule has 2 heterocycles. The van der Waals surface area contributed by atoms with E-state index in [9.17, 15) is 14.4 Å². The predicted molar refractivity (Wildman–Crippen MR) is 135 cm³/mol. The second kappa shape index (κ2) is 9.76. The lowest BCUT2D eigenvalue weighted by Gasteiger charge is -2.12. The average molecular weight is 481 g/mol. The van der Waals surface area contributed by atoms with Crippen LogP contribution in [0.1, 0.15) is 32.3 Å². The van der Waals surface area contributed by atoms with E-state index in [-0.39, 0.29) is 18.1 Å². The third kappa shape index (κ3) is 4.79. The van der Waals surface area contributed by atoms with Crippen LogP contribution >= 0.6 is 23.1 Å². The van der Waals surface area contributed by atoms with Crippen molar-refractivity contribution < 1.29 is 4.79 Å². The molecule has 0 unspecified atom stereocenters. The maximum Gasteiger partial charge on any atom is 0.337 e. The molecule has 4 rings (SSSR count). The Hall–Kier alpha value is -3.17. The molecule has 1 N–H and O–H groups in total. The van der Waals surface area contributed by atoms with Crippen molar-refractivity contribution in [2.45, 2.75) is 37.6 Å². The van der Waals surface area contributed by atoms with Crippen LogP contribution in [0.15, 0.2) is 68.5 Å². The van der Waals surface area contributed by atoms with Crippen LogP contribution in [0, 0.1) is 0 Å². The Kier molecular flexibility index (Phi) is 6.80. The maximum atomic E-state index is 13.4. The highest BCUT2D eigenvalue weighted by Gasteiger charge is 2.20. The minimum absolute atomic E-state index is 0.239. The minimum Gasteiger partial charge on any atom is -0.325 e. The number of carbonyl (C=O) groups excluding carboxylic acids is 1. The zero-order valence-corrected chi connectivity index (χ0v) is 20.2. The fourth-order valence-corrected chi connectivity index (χ4v) is 5.41. The summed E-state index contributed by atoms with van der Waals surface area (Å²) < 4.78 is 3.42. The highest BCUT2D eigenvalue weighted by atomic mass is 32.2. The van der Waals surface area contributed by atoms with Crippen LogP contribution in [0.5, 0.6) is 0 Å². The lowest BCUT2D eigenvalue weighted by atomic mass is 10.0. The largest absolute Gasteiger partial charge is 0.337 e. The summed E-state index contributed by atoms with van der Waals surface area (Å²) in [6.07, 6.45) is 0. The van der Waals surface area contributed by atoms with Crippen molar-refractivity contribution in [2.75, 3.05) is 11.1 Å². The number of amides is 1. The standard InChI is InChI=1S/C24H24N4O3S2/c1-4-32-23-26-21-20(33-23)22(30)28(18-8-6-5-7-9-18)24(31)27(21)14-19(29)25-17-12-10-16(11-13-17)15(2)3/h5-13,15H,4,14H2,1-3H3,(H,25,29). The summed E-state index contributed by atoms with van der Waals surface area (Å²) in [7, 11) is 0. The Balaban J connectivity index is 1.76. The van der Waals surface area contributed by atoms with Gasteiger partial charge in [-0.05, 0) is 41.5 Å². The number of nitrogens with one attached hydrogen (secondary N) is 1. The number of thioether (sulfide) groups is 1. The van der Waals surface area contributed by atoms with Gasteiger partial charge in [-0.25, -0.2) is 14.3 Å². The van der Waals surface area contributed by atoms with Gasteiger partial charge in [0.2, 0.25) is 5.91 Å². The molecule has 0 aliphatic carbocycles.